The average molecular weight is 692 g/mol. The Morgan fingerprint density at radius 3 is 2.15 bits per heavy atom. The van der Waals surface area contributed by atoms with Crippen LogP contribution < -0.4 is 16.0 Å². The second-order valence-electron chi connectivity index (χ2n) is 15.5. The molecule has 3 amide bonds. The van der Waals surface area contributed by atoms with Gasteiger partial charge in [0.1, 0.15) is 6.04 Å². The van der Waals surface area contributed by atoms with Gasteiger partial charge in [-0.2, -0.15) is 0 Å². The lowest BCUT2D eigenvalue weighted by molar-refractivity contribution is -0.133. The van der Waals surface area contributed by atoms with E-state index in [0.717, 1.165) is 37.5 Å². The molecule has 272 valence electrons. The van der Waals surface area contributed by atoms with E-state index in [-0.39, 0.29) is 25.4 Å². The molecule has 2 fully saturated rings. The Morgan fingerprint density at radius 1 is 0.979 bits per heavy atom. The summed E-state index contributed by atoms with van der Waals surface area (Å²) in [7, 11) is -3.82. The maximum absolute atomic E-state index is 14.1. The van der Waals surface area contributed by atoms with Crippen LogP contribution in [0.1, 0.15) is 86.1 Å². The number of rotatable bonds is 15. The second kappa shape index (κ2) is 16.9. The largest absolute Gasteiger partial charge is 0.390 e. The number of likely N-dealkylation sites (tertiary alicyclic amines) is 1. The van der Waals surface area contributed by atoms with E-state index in [2.05, 4.69) is 20.9 Å². The molecule has 48 heavy (non-hydrogen) atoms. The van der Waals surface area contributed by atoms with Gasteiger partial charge >= 0.3 is 0 Å². The van der Waals surface area contributed by atoms with E-state index in [0.29, 0.717) is 31.5 Å². The summed E-state index contributed by atoms with van der Waals surface area (Å²) < 4.78 is 24.3. The zero-order chi connectivity index (χ0) is 35.9. The molecule has 0 bridgehead atoms. The first kappa shape index (κ1) is 39.9. The topological polar surface area (TPSA) is 148 Å². The minimum atomic E-state index is -3.82. The third-order valence-electron chi connectivity index (χ3n) is 10.3. The molecule has 6 atom stereocenters. The average Bonchev–Trinajstić information content (AvgIpc) is 3.00. The van der Waals surface area contributed by atoms with Crippen molar-refractivity contribution in [3.05, 3.63) is 35.9 Å². The Labute approximate surface area is 288 Å². The van der Waals surface area contributed by atoms with Crippen LogP contribution in [0.3, 0.4) is 0 Å². The number of aliphatic hydroxyl groups is 1. The van der Waals surface area contributed by atoms with E-state index in [4.69, 9.17) is 0 Å². The zero-order valence-corrected chi connectivity index (χ0v) is 31.2. The summed E-state index contributed by atoms with van der Waals surface area (Å²) >= 11 is 0. The fourth-order valence-corrected chi connectivity index (χ4v) is 7.63. The van der Waals surface area contributed by atoms with Crippen LogP contribution in [0.15, 0.2) is 30.3 Å². The number of benzene rings is 1. The predicted octanol–water partition coefficient (Wildman–Crippen LogP) is 2.52. The molecule has 1 aliphatic carbocycles. The molecule has 1 saturated carbocycles. The van der Waals surface area contributed by atoms with Gasteiger partial charge in [0.2, 0.25) is 17.7 Å². The molecule has 2 aliphatic rings. The summed E-state index contributed by atoms with van der Waals surface area (Å²) in [5, 5.41) is 20.7. The number of sulfone groups is 1. The number of likely N-dealkylation sites (N-methyl/N-ethyl adjacent to an activating group) is 1. The van der Waals surface area contributed by atoms with E-state index >= 15 is 0 Å². The van der Waals surface area contributed by atoms with Crippen molar-refractivity contribution in [1.82, 2.24) is 25.8 Å². The monoisotopic (exact) mass is 691 g/mol. The molecule has 1 saturated heterocycles. The summed E-state index contributed by atoms with van der Waals surface area (Å²) in [5.41, 5.74) is 0.463. The van der Waals surface area contributed by atoms with Gasteiger partial charge in [-0.25, -0.2) is 8.42 Å². The molecule has 12 heteroatoms. The van der Waals surface area contributed by atoms with E-state index in [1.165, 1.54) is 20.3 Å². The minimum absolute atomic E-state index is 0.0157. The predicted molar refractivity (Wildman–Crippen MR) is 190 cm³/mol. The standard InChI is InChI=1S/C36H61N5O6S/c1-9-40(10-2)24-31(43)38-32(36(6,7)48(8,46)47)34(45)37-28(20-25-16-12-11-13-17-25)30(42)23-41-22-27-19-15-14-18-26(27)21-29(41)33(44)39-35(3,4)5/h11-13,16-17,26-30,32,42H,9-10,14-15,18-24H2,1-8H3,(H,37,45)(H,38,43)(H,39,44)/t26?,27?,28-,29-,30+,32+/m0/s1. The number of aliphatic hydroxyl groups excluding tert-OH is 1. The lowest BCUT2D eigenvalue weighted by Gasteiger charge is -2.47. The maximum atomic E-state index is 14.1. The number of amides is 3. The summed E-state index contributed by atoms with van der Waals surface area (Å²) in [6, 6.07) is 6.80. The Balaban J connectivity index is 1.92. The van der Waals surface area contributed by atoms with Crippen molar-refractivity contribution in [3.63, 3.8) is 0 Å². The molecular weight excluding hydrogens is 630 g/mol. The number of β-amino-alcohol motifs (C(OH)–C–C–N with tert-alkyl or cyclic N) is 1. The Hall–Kier alpha value is -2.54. The van der Waals surface area contributed by atoms with Crippen LogP contribution in [0.2, 0.25) is 0 Å². The molecule has 0 spiro atoms. The van der Waals surface area contributed by atoms with Crippen molar-refractivity contribution in [1.29, 1.82) is 0 Å². The smallest absolute Gasteiger partial charge is 0.244 e. The fourth-order valence-electron chi connectivity index (χ4n) is 7.04. The van der Waals surface area contributed by atoms with Gasteiger partial charge in [0.25, 0.3) is 0 Å². The van der Waals surface area contributed by atoms with Crippen molar-refractivity contribution in [2.75, 3.05) is 39.0 Å². The Kier molecular flexibility index (Phi) is 14.1. The number of nitrogens with one attached hydrogen (secondary N) is 3. The highest BCUT2D eigenvalue weighted by Crippen LogP contribution is 2.39. The Morgan fingerprint density at radius 2 is 1.58 bits per heavy atom. The van der Waals surface area contributed by atoms with Crippen LogP contribution in [0.5, 0.6) is 0 Å². The lowest BCUT2D eigenvalue weighted by Crippen LogP contribution is -2.64. The van der Waals surface area contributed by atoms with Crippen molar-refractivity contribution in [2.45, 2.75) is 122 Å². The molecule has 4 N–H and O–H groups in total. The number of carbonyl (C=O) groups is 3. The van der Waals surface area contributed by atoms with Gasteiger partial charge in [-0.1, -0.05) is 63.4 Å². The van der Waals surface area contributed by atoms with Gasteiger partial charge in [-0.05, 0) is 84.4 Å². The van der Waals surface area contributed by atoms with E-state index in [9.17, 15) is 27.9 Å². The molecule has 2 unspecified atom stereocenters. The van der Waals surface area contributed by atoms with Crippen molar-refractivity contribution in [2.24, 2.45) is 11.8 Å². The van der Waals surface area contributed by atoms with Crippen LogP contribution in [-0.4, -0.2) is 115 Å². The first-order valence-corrected chi connectivity index (χ1v) is 19.5. The summed E-state index contributed by atoms with van der Waals surface area (Å²) in [6.45, 7) is 14.7. The quantitative estimate of drug-likeness (QED) is 0.220. The summed E-state index contributed by atoms with van der Waals surface area (Å²) in [5.74, 6) is -0.312. The van der Waals surface area contributed by atoms with Gasteiger partial charge in [0, 0.05) is 24.9 Å². The maximum Gasteiger partial charge on any atom is 0.244 e. The van der Waals surface area contributed by atoms with Crippen molar-refractivity contribution >= 4 is 27.6 Å². The SMILES string of the molecule is CCN(CC)CC(=O)N[C@H](C(=O)N[C@@H](Cc1ccccc1)[C@H](O)CN1CC2CCCCC2C[C@H]1C(=O)NC(C)(C)C)C(C)(C)S(C)(=O)=O. The molecule has 0 radical (unpaired) electrons. The van der Waals surface area contributed by atoms with Gasteiger partial charge < -0.3 is 21.1 Å². The molecule has 0 aromatic heterocycles. The number of hydrogen-bond acceptors (Lipinski definition) is 8. The zero-order valence-electron chi connectivity index (χ0n) is 30.4. The van der Waals surface area contributed by atoms with Gasteiger partial charge in [-0.15, -0.1) is 0 Å². The number of piperidine rings is 1. The highest BCUT2D eigenvalue weighted by Gasteiger charge is 2.46. The highest BCUT2D eigenvalue weighted by atomic mass is 32.2. The van der Waals surface area contributed by atoms with Crippen molar-refractivity contribution in [3.8, 4) is 0 Å². The number of fused-ring (bicyclic) bond motifs is 1. The number of hydrogen-bond donors (Lipinski definition) is 4. The third kappa shape index (κ3) is 11.0. The molecule has 11 nitrogen and oxygen atoms in total. The van der Waals surface area contributed by atoms with Crippen molar-refractivity contribution < 1.29 is 27.9 Å². The number of nitrogens with zero attached hydrogens (tertiary/aromatic N) is 2. The second-order valence-corrected chi connectivity index (χ2v) is 18.1. The van der Waals surface area contributed by atoms with E-state index in [1.807, 2.05) is 69.9 Å². The molecule has 3 rings (SSSR count). The van der Waals surface area contributed by atoms with Gasteiger partial charge in [-0.3, -0.25) is 24.2 Å². The van der Waals surface area contributed by atoms with Gasteiger partial charge in [0.15, 0.2) is 9.84 Å². The first-order chi connectivity index (χ1) is 22.4. The number of carbonyl (C=O) groups excluding carboxylic acids is 3. The van der Waals surface area contributed by atoms with Gasteiger partial charge in [0.05, 0.1) is 29.5 Å². The fraction of sp³-hybridized carbons (Fsp3) is 0.750. The van der Waals surface area contributed by atoms with E-state index in [1.54, 1.807) is 0 Å². The molecule has 1 aromatic rings. The van der Waals surface area contributed by atoms with Crippen LogP contribution in [0.25, 0.3) is 0 Å². The van der Waals surface area contributed by atoms with E-state index < -0.39 is 56.2 Å². The lowest BCUT2D eigenvalue weighted by atomic mass is 9.72. The first-order valence-electron chi connectivity index (χ1n) is 17.7. The molecular formula is C36H61N5O6S. The molecule has 1 aromatic carbocycles. The van der Waals surface area contributed by atoms with Crippen LogP contribution in [0.4, 0.5) is 0 Å². The third-order valence-corrected chi connectivity index (χ3v) is 12.4. The highest BCUT2D eigenvalue weighted by molar-refractivity contribution is 7.92. The summed E-state index contributed by atoms with van der Waals surface area (Å²) in [6.07, 6.45) is 5.46. The minimum Gasteiger partial charge on any atom is -0.390 e. The molecule has 1 aliphatic heterocycles. The Bertz CT molecular complexity index is 1330. The molecule has 1 heterocycles. The van der Waals surface area contributed by atoms with Crippen LogP contribution >= 0.6 is 0 Å². The van der Waals surface area contributed by atoms with Crippen LogP contribution in [-0.2, 0) is 30.6 Å². The normalized spacial score (nSPS) is 22.7. The summed E-state index contributed by atoms with van der Waals surface area (Å²) in [4.78, 5) is 44.8. The van der Waals surface area contributed by atoms with Crippen LogP contribution in [0, 0.1) is 11.8 Å².